The van der Waals surface area contributed by atoms with Gasteiger partial charge in [-0.25, -0.2) is 0 Å². The van der Waals surface area contributed by atoms with Crippen LogP contribution in [0.3, 0.4) is 0 Å². The molecule has 2 aromatic carbocycles. The third-order valence-corrected chi connectivity index (χ3v) is 7.81. The van der Waals surface area contributed by atoms with Crippen LogP contribution in [-0.4, -0.2) is 48.4 Å². The van der Waals surface area contributed by atoms with Crippen molar-refractivity contribution in [2.24, 2.45) is 5.92 Å². The quantitative estimate of drug-likeness (QED) is 0.576. The van der Waals surface area contributed by atoms with Crippen molar-refractivity contribution in [3.8, 4) is 11.8 Å². The number of nitrogens with zero attached hydrogens (tertiary/aromatic N) is 3. The van der Waals surface area contributed by atoms with Gasteiger partial charge in [-0.3, -0.25) is 4.79 Å². The second-order valence-corrected chi connectivity index (χ2v) is 9.98. The van der Waals surface area contributed by atoms with Crippen molar-refractivity contribution in [1.29, 1.82) is 5.26 Å². The average Bonchev–Trinajstić information content (AvgIpc) is 3.14. The summed E-state index contributed by atoms with van der Waals surface area (Å²) in [6.07, 6.45) is 6.46. The van der Waals surface area contributed by atoms with Gasteiger partial charge in [-0.1, -0.05) is 11.6 Å². The number of benzene rings is 2. The van der Waals surface area contributed by atoms with E-state index in [1.54, 1.807) is 18.2 Å². The largest absolute Gasteiger partial charge is 0.490 e. The molecule has 6 nitrogen and oxygen atoms in total. The third kappa shape index (κ3) is 4.50. The molecule has 1 amide bonds. The molecular formula is C27H28ClN3O3. The molecule has 0 radical (unpaired) electrons. The summed E-state index contributed by atoms with van der Waals surface area (Å²) in [5.74, 6) is 0.938. The summed E-state index contributed by atoms with van der Waals surface area (Å²) in [7, 11) is 0. The minimum absolute atomic E-state index is 0.0298. The molecular weight excluding hydrogens is 450 g/mol. The van der Waals surface area contributed by atoms with Gasteiger partial charge in [-0.2, -0.15) is 5.26 Å². The van der Waals surface area contributed by atoms with Gasteiger partial charge in [0.05, 0.1) is 10.6 Å². The molecule has 3 aliphatic rings. The van der Waals surface area contributed by atoms with Crippen molar-refractivity contribution in [1.82, 2.24) is 4.90 Å². The maximum absolute atomic E-state index is 13.4. The Morgan fingerprint density at radius 3 is 2.29 bits per heavy atom. The van der Waals surface area contributed by atoms with Crippen molar-refractivity contribution in [3.63, 3.8) is 0 Å². The van der Waals surface area contributed by atoms with E-state index in [1.807, 2.05) is 24.3 Å². The standard InChI is InChI=1S/C27H28ClN3O3/c28-26-15-24(8-3-20(26)16-29)34-25-13-22-6-7-23(14-25)31(22)27(33)19-1-4-21(5-2-19)30-11-9-18(17-32)10-12-30/h1-5,8,15,17-18,22-23,25H,6-7,9-14H2/t22-,23+,25?. The SMILES string of the molecule is N#Cc1ccc(OC2C[C@H]3CC[C@@H](C2)N3C(=O)c2ccc(N3CCC(C=O)CC3)cc2)cc1Cl. The molecule has 3 heterocycles. The molecule has 3 saturated heterocycles. The van der Waals surface area contributed by atoms with Crippen LogP contribution in [0.5, 0.6) is 5.75 Å². The van der Waals surface area contributed by atoms with Gasteiger partial charge in [-0.05, 0) is 62.1 Å². The molecule has 0 spiro atoms. The number of fused-ring (bicyclic) bond motifs is 2. The van der Waals surface area contributed by atoms with Crippen LogP contribution < -0.4 is 9.64 Å². The summed E-state index contributed by atoms with van der Waals surface area (Å²) in [6, 6.07) is 15.5. The molecule has 3 atom stereocenters. The first-order valence-corrected chi connectivity index (χ1v) is 12.4. The highest BCUT2D eigenvalue weighted by Crippen LogP contribution is 2.39. The monoisotopic (exact) mass is 477 g/mol. The van der Waals surface area contributed by atoms with E-state index in [9.17, 15) is 9.59 Å². The third-order valence-electron chi connectivity index (χ3n) is 7.50. The van der Waals surface area contributed by atoms with E-state index in [4.69, 9.17) is 21.6 Å². The number of ether oxygens (including phenoxy) is 1. The fourth-order valence-electron chi connectivity index (χ4n) is 5.66. The molecule has 3 aliphatic heterocycles. The number of aldehydes is 1. The lowest BCUT2D eigenvalue weighted by Crippen LogP contribution is -2.49. The molecule has 0 saturated carbocycles. The van der Waals surface area contributed by atoms with Gasteiger partial charge in [-0.15, -0.1) is 0 Å². The second kappa shape index (κ2) is 9.68. The van der Waals surface area contributed by atoms with Gasteiger partial charge in [0.2, 0.25) is 0 Å². The molecule has 2 bridgehead atoms. The van der Waals surface area contributed by atoms with E-state index >= 15 is 0 Å². The lowest BCUT2D eigenvalue weighted by atomic mass is 9.97. The Balaban J connectivity index is 1.22. The number of rotatable bonds is 5. The molecule has 0 aromatic heterocycles. The second-order valence-electron chi connectivity index (χ2n) is 9.57. The normalized spacial score (nSPS) is 24.5. The topological polar surface area (TPSA) is 73.6 Å². The molecule has 0 N–H and O–H groups in total. The number of halogens is 1. The fourth-order valence-corrected chi connectivity index (χ4v) is 5.88. The number of hydrogen-bond acceptors (Lipinski definition) is 5. The summed E-state index contributed by atoms with van der Waals surface area (Å²) in [5, 5.41) is 9.45. The Hall–Kier alpha value is -3.04. The molecule has 0 aliphatic carbocycles. The van der Waals surface area contributed by atoms with Crippen molar-refractivity contribution >= 4 is 29.5 Å². The molecule has 2 aromatic rings. The van der Waals surface area contributed by atoms with Crippen LogP contribution in [0, 0.1) is 17.2 Å². The minimum Gasteiger partial charge on any atom is -0.490 e. The van der Waals surface area contributed by atoms with Crippen molar-refractivity contribution in [2.45, 2.75) is 56.7 Å². The molecule has 5 rings (SSSR count). The van der Waals surface area contributed by atoms with E-state index in [0.717, 1.165) is 69.2 Å². The number of nitriles is 1. The van der Waals surface area contributed by atoms with Crippen LogP contribution in [0.4, 0.5) is 5.69 Å². The minimum atomic E-state index is 0.0298. The zero-order chi connectivity index (χ0) is 23.7. The number of amides is 1. The Morgan fingerprint density at radius 1 is 1.03 bits per heavy atom. The van der Waals surface area contributed by atoms with Gasteiger partial charge in [0.1, 0.15) is 24.2 Å². The Morgan fingerprint density at radius 2 is 1.71 bits per heavy atom. The smallest absolute Gasteiger partial charge is 0.254 e. The summed E-state index contributed by atoms with van der Waals surface area (Å²) in [4.78, 5) is 28.7. The van der Waals surface area contributed by atoms with Crippen molar-refractivity contribution in [3.05, 3.63) is 58.6 Å². The maximum atomic E-state index is 13.4. The lowest BCUT2D eigenvalue weighted by molar-refractivity contribution is -0.111. The molecule has 7 heteroatoms. The fraction of sp³-hybridized carbons (Fsp3) is 0.444. The van der Waals surface area contributed by atoms with Gasteiger partial charge >= 0.3 is 0 Å². The van der Waals surface area contributed by atoms with Gasteiger partial charge < -0.3 is 19.3 Å². The van der Waals surface area contributed by atoms with E-state index in [2.05, 4.69) is 15.9 Å². The van der Waals surface area contributed by atoms with Crippen LogP contribution >= 0.6 is 11.6 Å². The highest BCUT2D eigenvalue weighted by molar-refractivity contribution is 6.31. The van der Waals surface area contributed by atoms with Crippen LogP contribution in [0.2, 0.25) is 5.02 Å². The van der Waals surface area contributed by atoms with E-state index in [1.165, 1.54) is 0 Å². The summed E-state index contributed by atoms with van der Waals surface area (Å²) in [5.41, 5.74) is 2.27. The van der Waals surface area contributed by atoms with E-state index in [0.29, 0.717) is 16.3 Å². The zero-order valence-electron chi connectivity index (χ0n) is 19.0. The highest BCUT2D eigenvalue weighted by Gasteiger charge is 2.44. The van der Waals surface area contributed by atoms with Crippen LogP contribution in [0.1, 0.15) is 54.4 Å². The predicted octanol–water partition coefficient (Wildman–Crippen LogP) is 4.84. The Bertz CT molecular complexity index is 1090. The van der Waals surface area contributed by atoms with Crippen LogP contribution in [-0.2, 0) is 4.79 Å². The summed E-state index contributed by atoms with van der Waals surface area (Å²) < 4.78 is 6.19. The molecule has 34 heavy (non-hydrogen) atoms. The average molecular weight is 478 g/mol. The van der Waals surface area contributed by atoms with Gasteiger partial charge in [0.15, 0.2) is 0 Å². The number of piperidine rings is 2. The van der Waals surface area contributed by atoms with Gasteiger partial charge in [0.25, 0.3) is 5.91 Å². The first-order valence-electron chi connectivity index (χ1n) is 12.0. The Labute approximate surface area is 205 Å². The Kier molecular flexibility index (Phi) is 6.47. The number of carbonyl (C=O) groups is 2. The maximum Gasteiger partial charge on any atom is 0.254 e. The van der Waals surface area contributed by atoms with E-state index < -0.39 is 0 Å². The summed E-state index contributed by atoms with van der Waals surface area (Å²) in [6.45, 7) is 1.75. The molecule has 1 unspecified atom stereocenters. The van der Waals surface area contributed by atoms with Crippen molar-refractivity contribution in [2.75, 3.05) is 18.0 Å². The molecule has 176 valence electrons. The highest BCUT2D eigenvalue weighted by atomic mass is 35.5. The number of carbonyl (C=O) groups excluding carboxylic acids is 2. The van der Waals surface area contributed by atoms with Crippen molar-refractivity contribution < 1.29 is 14.3 Å². The number of anilines is 1. The zero-order valence-corrected chi connectivity index (χ0v) is 19.8. The first-order chi connectivity index (χ1) is 16.6. The summed E-state index contributed by atoms with van der Waals surface area (Å²) >= 11 is 6.15. The van der Waals surface area contributed by atoms with Crippen LogP contribution in [0.15, 0.2) is 42.5 Å². The predicted molar refractivity (Wildman–Crippen MR) is 130 cm³/mol. The first kappa shape index (κ1) is 22.7. The molecule has 3 fully saturated rings. The van der Waals surface area contributed by atoms with Gasteiger partial charge in [0, 0.05) is 61.2 Å². The van der Waals surface area contributed by atoms with Crippen LogP contribution in [0.25, 0.3) is 0 Å². The lowest BCUT2D eigenvalue weighted by Gasteiger charge is -2.39. The number of hydrogen-bond donors (Lipinski definition) is 0. The van der Waals surface area contributed by atoms with E-state index in [-0.39, 0.29) is 30.0 Å².